The quantitative estimate of drug-likeness (QED) is 0.681. The summed E-state index contributed by atoms with van der Waals surface area (Å²) in [5, 5.41) is 12.0. The molecule has 0 aliphatic rings. The van der Waals surface area contributed by atoms with Crippen LogP contribution in [0.15, 0.2) is 42.5 Å². The summed E-state index contributed by atoms with van der Waals surface area (Å²) in [6.45, 7) is 0. The van der Waals surface area contributed by atoms with Crippen LogP contribution in [0, 0.1) is 10.1 Å². The molecule has 1 atom stereocenters. The van der Waals surface area contributed by atoms with Crippen molar-refractivity contribution in [3.63, 3.8) is 0 Å². The SMILES string of the molecule is NC(Cc1ccccc1[N+](=O)[O-])c1cc(Cl)ccc1Cl. The van der Waals surface area contributed by atoms with Crippen molar-refractivity contribution < 1.29 is 4.92 Å². The van der Waals surface area contributed by atoms with Gasteiger partial charge in [-0.1, -0.05) is 41.4 Å². The maximum Gasteiger partial charge on any atom is 0.272 e. The third-order valence-corrected chi connectivity index (χ3v) is 3.56. The standard InChI is InChI=1S/C14H12Cl2N2O2/c15-10-5-6-12(16)11(8-10)13(17)7-9-3-1-2-4-14(9)18(19)20/h1-6,8,13H,7,17H2. The normalized spacial score (nSPS) is 12.2. The first-order valence-electron chi connectivity index (χ1n) is 5.92. The minimum absolute atomic E-state index is 0.0566. The first-order valence-corrected chi connectivity index (χ1v) is 6.67. The highest BCUT2D eigenvalue weighted by Crippen LogP contribution is 2.29. The third kappa shape index (κ3) is 3.28. The number of nitro groups is 1. The molecule has 6 heteroatoms. The molecule has 0 heterocycles. The minimum Gasteiger partial charge on any atom is -0.324 e. The third-order valence-electron chi connectivity index (χ3n) is 2.99. The molecule has 0 bridgehead atoms. The van der Waals surface area contributed by atoms with Crippen LogP contribution in [0.2, 0.25) is 10.0 Å². The van der Waals surface area contributed by atoms with Gasteiger partial charge in [0.25, 0.3) is 5.69 Å². The van der Waals surface area contributed by atoms with Crippen LogP contribution in [0.25, 0.3) is 0 Å². The number of hydrogen-bond acceptors (Lipinski definition) is 3. The van der Waals surface area contributed by atoms with E-state index in [1.54, 1.807) is 36.4 Å². The lowest BCUT2D eigenvalue weighted by Crippen LogP contribution is -2.14. The zero-order chi connectivity index (χ0) is 14.7. The fourth-order valence-electron chi connectivity index (χ4n) is 2.01. The van der Waals surface area contributed by atoms with E-state index < -0.39 is 11.0 Å². The summed E-state index contributed by atoms with van der Waals surface area (Å²) in [4.78, 5) is 10.6. The minimum atomic E-state index is -0.456. The van der Waals surface area contributed by atoms with Gasteiger partial charge in [0.05, 0.1) is 4.92 Å². The van der Waals surface area contributed by atoms with Crippen LogP contribution >= 0.6 is 23.2 Å². The molecule has 0 amide bonds. The first-order chi connectivity index (χ1) is 9.49. The Bertz CT molecular complexity index is 647. The van der Waals surface area contributed by atoms with E-state index in [1.807, 2.05) is 0 Å². The summed E-state index contributed by atoms with van der Waals surface area (Å²) in [6.07, 6.45) is 0.317. The van der Waals surface area contributed by atoms with Crippen LogP contribution in [0.3, 0.4) is 0 Å². The summed E-state index contributed by atoms with van der Waals surface area (Å²) in [5.41, 5.74) is 7.41. The Hall–Kier alpha value is -1.62. The van der Waals surface area contributed by atoms with Crippen molar-refractivity contribution in [3.8, 4) is 0 Å². The molecule has 2 rings (SSSR count). The Morgan fingerprint density at radius 1 is 1.20 bits per heavy atom. The van der Waals surface area contributed by atoms with Crippen LogP contribution in [0.5, 0.6) is 0 Å². The lowest BCUT2D eigenvalue weighted by Gasteiger charge is -2.14. The van der Waals surface area contributed by atoms with Crippen molar-refractivity contribution in [2.75, 3.05) is 0 Å². The summed E-state index contributed by atoms with van der Waals surface area (Å²) in [7, 11) is 0. The van der Waals surface area contributed by atoms with Crippen LogP contribution in [-0.4, -0.2) is 4.92 Å². The average Bonchev–Trinajstić information content (AvgIpc) is 2.41. The van der Waals surface area contributed by atoms with Crippen molar-refractivity contribution in [2.45, 2.75) is 12.5 Å². The van der Waals surface area contributed by atoms with E-state index in [0.717, 1.165) is 0 Å². The topological polar surface area (TPSA) is 69.2 Å². The lowest BCUT2D eigenvalue weighted by atomic mass is 9.98. The summed E-state index contributed by atoms with van der Waals surface area (Å²) in [6, 6.07) is 11.1. The Kier molecular flexibility index (Phi) is 4.60. The van der Waals surface area contributed by atoms with E-state index in [4.69, 9.17) is 28.9 Å². The second-order valence-electron chi connectivity index (χ2n) is 4.36. The molecule has 0 aliphatic heterocycles. The Morgan fingerprint density at radius 3 is 2.60 bits per heavy atom. The van der Waals surface area contributed by atoms with Gasteiger partial charge in [0, 0.05) is 27.7 Å². The lowest BCUT2D eigenvalue weighted by molar-refractivity contribution is -0.385. The fourth-order valence-corrected chi connectivity index (χ4v) is 2.45. The van der Waals surface area contributed by atoms with Crippen molar-refractivity contribution in [1.29, 1.82) is 0 Å². The number of benzene rings is 2. The summed E-state index contributed by atoms with van der Waals surface area (Å²) in [5.74, 6) is 0. The molecule has 104 valence electrons. The van der Waals surface area contributed by atoms with E-state index in [9.17, 15) is 10.1 Å². The highest BCUT2D eigenvalue weighted by Gasteiger charge is 2.18. The molecule has 20 heavy (non-hydrogen) atoms. The molecule has 2 aromatic carbocycles. The number of halogens is 2. The molecule has 0 aliphatic carbocycles. The van der Waals surface area contributed by atoms with Gasteiger partial charge in [-0.2, -0.15) is 0 Å². The van der Waals surface area contributed by atoms with E-state index >= 15 is 0 Å². The second-order valence-corrected chi connectivity index (χ2v) is 5.21. The smallest absolute Gasteiger partial charge is 0.272 e. The maximum atomic E-state index is 11.0. The van der Waals surface area contributed by atoms with Crippen molar-refractivity contribution in [1.82, 2.24) is 0 Å². The van der Waals surface area contributed by atoms with Gasteiger partial charge in [-0.05, 0) is 30.2 Å². The number of hydrogen-bond donors (Lipinski definition) is 1. The van der Waals surface area contributed by atoms with Gasteiger partial charge in [-0.15, -0.1) is 0 Å². The molecule has 0 aromatic heterocycles. The van der Waals surface area contributed by atoms with Gasteiger partial charge in [0.1, 0.15) is 0 Å². The van der Waals surface area contributed by atoms with Crippen LogP contribution < -0.4 is 5.73 Å². The van der Waals surface area contributed by atoms with Gasteiger partial charge in [-0.3, -0.25) is 10.1 Å². The van der Waals surface area contributed by atoms with Crippen molar-refractivity contribution in [2.24, 2.45) is 5.73 Å². The van der Waals surface area contributed by atoms with Gasteiger partial charge < -0.3 is 5.73 Å². The van der Waals surface area contributed by atoms with Crippen LogP contribution in [0.1, 0.15) is 17.2 Å². The Labute approximate surface area is 126 Å². The molecule has 0 saturated heterocycles. The van der Waals surface area contributed by atoms with E-state index in [0.29, 0.717) is 27.6 Å². The zero-order valence-electron chi connectivity index (χ0n) is 10.4. The molecule has 0 spiro atoms. The number of nitrogens with two attached hydrogens (primary N) is 1. The van der Waals surface area contributed by atoms with E-state index in [2.05, 4.69) is 0 Å². The maximum absolute atomic E-state index is 11.0. The van der Waals surface area contributed by atoms with Crippen LogP contribution in [0.4, 0.5) is 5.69 Å². The highest BCUT2D eigenvalue weighted by molar-refractivity contribution is 6.33. The predicted molar refractivity (Wildman–Crippen MR) is 80.2 cm³/mol. The molecular formula is C14H12Cl2N2O2. The number of para-hydroxylation sites is 1. The molecule has 2 aromatic rings. The van der Waals surface area contributed by atoms with Gasteiger partial charge in [0.15, 0.2) is 0 Å². The Morgan fingerprint density at radius 2 is 1.90 bits per heavy atom. The molecule has 1 unspecified atom stereocenters. The number of nitro benzene ring substituents is 1. The second kappa shape index (κ2) is 6.22. The van der Waals surface area contributed by atoms with Crippen molar-refractivity contribution >= 4 is 28.9 Å². The number of rotatable bonds is 4. The fraction of sp³-hybridized carbons (Fsp3) is 0.143. The Balaban J connectivity index is 2.30. The zero-order valence-corrected chi connectivity index (χ0v) is 11.9. The van der Waals surface area contributed by atoms with E-state index in [1.165, 1.54) is 6.07 Å². The summed E-state index contributed by atoms with van der Waals surface area (Å²) >= 11 is 12.0. The average molecular weight is 311 g/mol. The molecule has 0 radical (unpaired) electrons. The molecule has 0 fully saturated rings. The van der Waals surface area contributed by atoms with Gasteiger partial charge >= 0.3 is 0 Å². The molecule has 4 nitrogen and oxygen atoms in total. The predicted octanol–water partition coefficient (Wildman–Crippen LogP) is 4.14. The molecule has 2 N–H and O–H groups in total. The summed E-state index contributed by atoms with van der Waals surface area (Å²) < 4.78 is 0. The van der Waals surface area contributed by atoms with E-state index in [-0.39, 0.29) is 5.69 Å². The van der Waals surface area contributed by atoms with Crippen molar-refractivity contribution in [3.05, 3.63) is 73.8 Å². The van der Waals surface area contributed by atoms with Gasteiger partial charge in [0.2, 0.25) is 0 Å². The monoisotopic (exact) mass is 310 g/mol. The highest BCUT2D eigenvalue weighted by atomic mass is 35.5. The number of nitrogens with zero attached hydrogens (tertiary/aromatic N) is 1. The van der Waals surface area contributed by atoms with Crippen LogP contribution in [-0.2, 0) is 6.42 Å². The first kappa shape index (κ1) is 14.8. The molecular weight excluding hydrogens is 299 g/mol. The van der Waals surface area contributed by atoms with Gasteiger partial charge in [-0.25, -0.2) is 0 Å². The largest absolute Gasteiger partial charge is 0.324 e. The molecule has 0 saturated carbocycles.